The summed E-state index contributed by atoms with van der Waals surface area (Å²) in [4.78, 5) is 23.6. The van der Waals surface area contributed by atoms with Crippen molar-refractivity contribution in [2.45, 2.75) is 0 Å². The van der Waals surface area contributed by atoms with Crippen molar-refractivity contribution in [3.63, 3.8) is 0 Å². The summed E-state index contributed by atoms with van der Waals surface area (Å²) < 4.78 is 10.3. The largest absolute Gasteiger partial charge is 0.488 e. The van der Waals surface area contributed by atoms with Crippen LogP contribution in [0.4, 0.5) is 0 Å². The Morgan fingerprint density at radius 1 is 0.885 bits per heavy atom. The van der Waals surface area contributed by atoms with Gasteiger partial charge in [0.2, 0.25) is 0 Å². The maximum Gasteiger partial charge on any atom is 0.325 e. The van der Waals surface area contributed by atoms with Gasteiger partial charge in [0.25, 0.3) is 5.91 Å². The summed E-state index contributed by atoms with van der Waals surface area (Å²) in [5, 5.41) is 3.86. The molecule has 0 fully saturated rings. The minimum absolute atomic E-state index is 0.00460. The van der Waals surface area contributed by atoms with Crippen molar-refractivity contribution in [1.82, 2.24) is 5.32 Å². The van der Waals surface area contributed by atoms with Gasteiger partial charge < -0.3 is 14.8 Å². The molecule has 0 aliphatic rings. The van der Waals surface area contributed by atoms with Gasteiger partial charge in [-0.25, -0.2) is 0 Å². The first-order valence-electron chi connectivity index (χ1n) is 7.33. The molecule has 0 unspecified atom stereocenters. The molecule has 0 spiro atoms. The van der Waals surface area contributed by atoms with Crippen LogP contribution in [-0.2, 0) is 9.53 Å². The van der Waals surface area contributed by atoms with Crippen LogP contribution in [0.5, 0.6) is 5.75 Å². The highest BCUT2D eigenvalue weighted by Gasteiger charge is 2.12. The van der Waals surface area contributed by atoms with Gasteiger partial charge in [-0.05, 0) is 36.4 Å². The molecule has 0 saturated heterocycles. The van der Waals surface area contributed by atoms with Gasteiger partial charge in [0, 0.05) is 10.0 Å². The lowest BCUT2D eigenvalue weighted by Gasteiger charge is -2.10. The van der Waals surface area contributed by atoms with Crippen LogP contribution in [0.15, 0.2) is 36.4 Å². The summed E-state index contributed by atoms with van der Waals surface area (Å²) >= 11 is 23.4. The first-order valence-corrected chi connectivity index (χ1v) is 8.84. The van der Waals surface area contributed by atoms with Gasteiger partial charge in [-0.3, -0.25) is 9.59 Å². The average Bonchev–Trinajstić information content (AvgIpc) is 2.58. The van der Waals surface area contributed by atoms with Crippen LogP contribution in [0.3, 0.4) is 0 Å². The van der Waals surface area contributed by atoms with Crippen molar-refractivity contribution < 1.29 is 19.1 Å². The van der Waals surface area contributed by atoms with Gasteiger partial charge in [-0.15, -0.1) is 0 Å². The van der Waals surface area contributed by atoms with Gasteiger partial charge >= 0.3 is 5.97 Å². The number of halogens is 4. The zero-order valence-corrected chi connectivity index (χ0v) is 16.3. The van der Waals surface area contributed by atoms with E-state index in [4.69, 9.17) is 55.9 Å². The zero-order chi connectivity index (χ0) is 19.1. The number of esters is 1. The molecule has 138 valence electrons. The van der Waals surface area contributed by atoms with Gasteiger partial charge in [-0.1, -0.05) is 46.4 Å². The van der Waals surface area contributed by atoms with Gasteiger partial charge in [-0.2, -0.15) is 0 Å². The van der Waals surface area contributed by atoms with Crippen LogP contribution >= 0.6 is 46.4 Å². The fraction of sp³-hybridized carbons (Fsp3) is 0.176. The predicted octanol–water partition coefficient (Wildman–Crippen LogP) is 4.65. The Kier molecular flexibility index (Phi) is 7.85. The standard InChI is InChI=1S/C17H13Cl4NO4/c18-10-1-3-12(13(20)7-10)17(24)22-9-16(23)26-6-5-25-15-4-2-11(19)8-14(15)21/h1-4,7-8H,5-6,9H2,(H,22,24). The molecule has 2 aromatic carbocycles. The highest BCUT2D eigenvalue weighted by atomic mass is 35.5. The minimum Gasteiger partial charge on any atom is -0.488 e. The SMILES string of the molecule is O=C(CNC(=O)c1ccc(Cl)cc1Cl)OCCOc1ccc(Cl)cc1Cl. The van der Waals surface area contributed by atoms with Crippen LogP contribution in [0.1, 0.15) is 10.4 Å². The second-order valence-corrected chi connectivity index (χ2v) is 6.64. The van der Waals surface area contributed by atoms with Crippen molar-refractivity contribution in [1.29, 1.82) is 0 Å². The van der Waals surface area contributed by atoms with Gasteiger partial charge in [0.15, 0.2) is 0 Å². The maximum absolute atomic E-state index is 12.0. The van der Waals surface area contributed by atoms with Crippen LogP contribution in [-0.4, -0.2) is 31.6 Å². The van der Waals surface area contributed by atoms with Crippen molar-refractivity contribution in [3.8, 4) is 5.75 Å². The summed E-state index contributed by atoms with van der Waals surface area (Å²) in [5.74, 6) is -0.695. The van der Waals surface area contributed by atoms with E-state index in [0.717, 1.165) is 0 Å². The van der Waals surface area contributed by atoms with E-state index < -0.39 is 11.9 Å². The molecule has 0 heterocycles. The van der Waals surface area contributed by atoms with Crippen molar-refractivity contribution in [2.75, 3.05) is 19.8 Å². The summed E-state index contributed by atoms with van der Waals surface area (Å²) in [5.41, 5.74) is 0.213. The molecule has 0 aliphatic carbocycles. The number of amides is 1. The third-order valence-electron chi connectivity index (χ3n) is 3.07. The number of hydrogen-bond acceptors (Lipinski definition) is 4. The van der Waals surface area contributed by atoms with Gasteiger partial charge in [0.1, 0.15) is 25.5 Å². The van der Waals surface area contributed by atoms with E-state index in [1.165, 1.54) is 18.2 Å². The highest BCUT2D eigenvalue weighted by Crippen LogP contribution is 2.27. The fourth-order valence-corrected chi connectivity index (χ4v) is 2.83. The van der Waals surface area contributed by atoms with Crippen molar-refractivity contribution >= 4 is 58.3 Å². The molecule has 2 aromatic rings. The predicted molar refractivity (Wildman–Crippen MR) is 102 cm³/mol. The van der Waals surface area contributed by atoms with Crippen LogP contribution in [0.2, 0.25) is 20.1 Å². The topological polar surface area (TPSA) is 64.6 Å². The summed E-state index contributed by atoms with van der Waals surface area (Å²) in [7, 11) is 0. The molecule has 0 saturated carbocycles. The lowest BCUT2D eigenvalue weighted by Crippen LogP contribution is -2.31. The Hall–Kier alpha value is -1.66. The van der Waals surface area contributed by atoms with Crippen molar-refractivity contribution in [3.05, 3.63) is 62.1 Å². The molecule has 5 nitrogen and oxygen atoms in total. The lowest BCUT2D eigenvalue weighted by atomic mass is 10.2. The van der Waals surface area contributed by atoms with E-state index in [9.17, 15) is 9.59 Å². The van der Waals surface area contributed by atoms with E-state index in [2.05, 4.69) is 5.32 Å². The molecule has 2 rings (SSSR count). The number of carbonyl (C=O) groups excluding carboxylic acids is 2. The second-order valence-electron chi connectivity index (χ2n) is 4.95. The molecule has 0 aliphatic heterocycles. The normalized spacial score (nSPS) is 10.3. The number of nitrogens with one attached hydrogen (secondary N) is 1. The summed E-state index contributed by atoms with van der Waals surface area (Å²) in [6, 6.07) is 9.22. The Labute approximate surface area is 170 Å². The van der Waals surface area contributed by atoms with E-state index >= 15 is 0 Å². The molecule has 0 radical (unpaired) electrons. The van der Waals surface area contributed by atoms with Crippen LogP contribution < -0.4 is 10.1 Å². The minimum atomic E-state index is -0.616. The third-order valence-corrected chi connectivity index (χ3v) is 4.15. The Morgan fingerprint density at radius 3 is 2.19 bits per heavy atom. The quantitative estimate of drug-likeness (QED) is 0.506. The molecule has 26 heavy (non-hydrogen) atoms. The molecule has 1 N–H and O–H groups in total. The fourth-order valence-electron chi connectivity index (χ4n) is 1.87. The molecule has 0 aromatic heterocycles. The number of carbonyl (C=O) groups is 2. The smallest absolute Gasteiger partial charge is 0.325 e. The molecular weight excluding hydrogens is 424 g/mol. The van der Waals surface area contributed by atoms with E-state index in [1.54, 1.807) is 18.2 Å². The lowest BCUT2D eigenvalue weighted by molar-refractivity contribution is -0.143. The van der Waals surface area contributed by atoms with Gasteiger partial charge in [0.05, 0.1) is 15.6 Å². The first-order chi connectivity index (χ1) is 12.4. The van der Waals surface area contributed by atoms with Crippen molar-refractivity contribution in [2.24, 2.45) is 0 Å². The molecule has 0 atom stereocenters. The number of ether oxygens (including phenoxy) is 2. The third kappa shape index (κ3) is 6.25. The van der Waals surface area contributed by atoms with E-state index in [1.807, 2.05) is 0 Å². The molecular formula is C17H13Cl4NO4. The Bertz CT molecular complexity index is 813. The summed E-state index contributed by atoms with van der Waals surface area (Å²) in [6.07, 6.45) is 0. The first kappa shape index (κ1) is 20.6. The monoisotopic (exact) mass is 435 g/mol. The number of hydrogen-bond donors (Lipinski definition) is 1. The summed E-state index contributed by atoms with van der Waals surface area (Å²) in [6.45, 7) is -0.209. The zero-order valence-electron chi connectivity index (χ0n) is 13.2. The molecule has 1 amide bonds. The average molecular weight is 437 g/mol. The highest BCUT2D eigenvalue weighted by molar-refractivity contribution is 6.37. The molecule has 9 heteroatoms. The number of benzene rings is 2. The maximum atomic E-state index is 12.0. The number of rotatable bonds is 7. The Morgan fingerprint density at radius 2 is 1.54 bits per heavy atom. The molecule has 0 bridgehead atoms. The van der Waals surface area contributed by atoms with Crippen LogP contribution in [0, 0.1) is 0 Å². The van der Waals surface area contributed by atoms with Crippen LogP contribution in [0.25, 0.3) is 0 Å². The Balaban J connectivity index is 1.71. The second kappa shape index (κ2) is 9.88. The van der Waals surface area contributed by atoms with E-state index in [-0.39, 0.29) is 30.3 Å². The van der Waals surface area contributed by atoms with E-state index in [0.29, 0.717) is 20.8 Å².